The van der Waals surface area contributed by atoms with E-state index < -0.39 is 0 Å². The van der Waals surface area contributed by atoms with E-state index in [1.807, 2.05) is 12.3 Å². The fraction of sp³-hybridized carbons (Fsp3) is 0.560. The zero-order valence-corrected chi connectivity index (χ0v) is 17.4. The van der Waals surface area contributed by atoms with Crippen LogP contribution in [-0.4, -0.2) is 11.6 Å². The van der Waals surface area contributed by atoms with Crippen molar-refractivity contribution in [2.45, 2.75) is 84.5 Å². The Morgan fingerprint density at radius 3 is 2.00 bits per heavy atom. The van der Waals surface area contributed by atoms with Crippen LogP contribution in [0.1, 0.15) is 83.6 Å². The Hall–Kier alpha value is -1.83. The first-order chi connectivity index (χ1) is 13.3. The molecule has 0 atom stereocenters. The minimum Gasteiger partial charge on any atom is -0.492 e. The lowest BCUT2D eigenvalue weighted by Gasteiger charge is -2.07. The van der Waals surface area contributed by atoms with Crippen molar-refractivity contribution in [3.8, 4) is 17.0 Å². The van der Waals surface area contributed by atoms with Crippen molar-refractivity contribution in [1.29, 1.82) is 0 Å². The first-order valence-electron chi connectivity index (χ1n) is 11.0. The minimum absolute atomic E-state index is 0.789. The molecule has 0 aliphatic carbocycles. The van der Waals surface area contributed by atoms with Crippen LogP contribution in [0.2, 0.25) is 0 Å². The quantitative estimate of drug-likeness (QED) is 0.320. The molecule has 2 rings (SSSR count). The van der Waals surface area contributed by atoms with Gasteiger partial charge >= 0.3 is 0 Å². The summed E-state index contributed by atoms with van der Waals surface area (Å²) in [7, 11) is 0. The van der Waals surface area contributed by atoms with Gasteiger partial charge in [0.05, 0.1) is 18.5 Å². The van der Waals surface area contributed by atoms with Crippen molar-refractivity contribution in [3.05, 3.63) is 48.2 Å². The van der Waals surface area contributed by atoms with Crippen LogP contribution >= 0.6 is 0 Å². The second-order valence-corrected chi connectivity index (χ2v) is 7.50. The smallest absolute Gasteiger partial charge is 0.137 e. The summed E-state index contributed by atoms with van der Waals surface area (Å²) in [6.07, 6.45) is 16.0. The van der Waals surface area contributed by atoms with E-state index in [2.05, 4.69) is 49.2 Å². The molecule has 0 aliphatic rings. The lowest BCUT2D eigenvalue weighted by Crippen LogP contribution is -1.98. The normalized spacial score (nSPS) is 10.9. The molecule has 0 N–H and O–H groups in total. The molecule has 2 aromatic rings. The minimum atomic E-state index is 0.789. The molecule has 1 aromatic carbocycles. The Morgan fingerprint density at radius 2 is 1.37 bits per heavy atom. The molecule has 1 heterocycles. The highest BCUT2D eigenvalue weighted by Crippen LogP contribution is 2.21. The predicted molar refractivity (Wildman–Crippen MR) is 116 cm³/mol. The van der Waals surface area contributed by atoms with Crippen LogP contribution in [0, 0.1) is 0 Å². The lowest BCUT2D eigenvalue weighted by molar-refractivity contribution is 0.303. The van der Waals surface area contributed by atoms with Gasteiger partial charge < -0.3 is 4.74 Å². The molecule has 0 radical (unpaired) electrons. The third-order valence-corrected chi connectivity index (χ3v) is 5.07. The molecule has 27 heavy (non-hydrogen) atoms. The molecule has 2 nitrogen and oxygen atoms in total. The summed E-state index contributed by atoms with van der Waals surface area (Å²) < 4.78 is 5.81. The molecule has 0 unspecified atom stereocenters. The van der Waals surface area contributed by atoms with E-state index in [9.17, 15) is 0 Å². The summed E-state index contributed by atoms with van der Waals surface area (Å²) >= 11 is 0. The standard InChI is InChI=1S/C25H37NO/c1-3-5-7-9-11-13-22-14-16-23(17-15-22)25-19-18-24(21-26-25)27-20-12-10-8-6-4-2/h14-19,21H,3-13,20H2,1-2H3. The maximum atomic E-state index is 5.81. The van der Waals surface area contributed by atoms with Crippen LogP contribution in [0.25, 0.3) is 11.3 Å². The number of rotatable bonds is 14. The van der Waals surface area contributed by atoms with E-state index in [0.717, 1.165) is 24.5 Å². The summed E-state index contributed by atoms with van der Waals surface area (Å²) in [6.45, 7) is 5.30. The SMILES string of the molecule is CCCCCCCOc1ccc(-c2ccc(CCCCCCC)cc2)nc1. The Labute approximate surface area is 166 Å². The van der Waals surface area contributed by atoms with Crippen LogP contribution < -0.4 is 4.74 Å². The van der Waals surface area contributed by atoms with Gasteiger partial charge in [-0.15, -0.1) is 0 Å². The zero-order chi connectivity index (χ0) is 19.2. The number of ether oxygens (including phenoxy) is 1. The predicted octanol–water partition coefficient (Wildman–Crippen LogP) is 7.61. The number of benzene rings is 1. The van der Waals surface area contributed by atoms with Crippen molar-refractivity contribution >= 4 is 0 Å². The highest BCUT2D eigenvalue weighted by molar-refractivity contribution is 5.59. The summed E-state index contributed by atoms with van der Waals surface area (Å²) in [4.78, 5) is 4.58. The highest BCUT2D eigenvalue weighted by Gasteiger charge is 2.02. The van der Waals surface area contributed by atoms with Crippen LogP contribution in [0.5, 0.6) is 5.75 Å². The summed E-state index contributed by atoms with van der Waals surface area (Å²) in [6, 6.07) is 13.0. The molecule has 2 heteroatoms. The van der Waals surface area contributed by atoms with E-state index in [4.69, 9.17) is 4.74 Å². The average Bonchev–Trinajstić information content (AvgIpc) is 2.71. The van der Waals surface area contributed by atoms with E-state index in [1.165, 1.54) is 75.3 Å². The Kier molecular flexibility index (Phi) is 10.6. The van der Waals surface area contributed by atoms with Gasteiger partial charge in [-0.1, -0.05) is 89.5 Å². The third kappa shape index (κ3) is 8.60. The molecule has 1 aromatic heterocycles. The third-order valence-electron chi connectivity index (χ3n) is 5.07. The maximum absolute atomic E-state index is 5.81. The summed E-state index contributed by atoms with van der Waals surface area (Å²) in [5, 5.41) is 0. The Morgan fingerprint density at radius 1 is 0.704 bits per heavy atom. The molecule has 148 valence electrons. The van der Waals surface area contributed by atoms with Crippen LogP contribution in [0.4, 0.5) is 0 Å². The van der Waals surface area contributed by atoms with Crippen molar-refractivity contribution in [2.75, 3.05) is 6.61 Å². The lowest BCUT2D eigenvalue weighted by atomic mass is 10.0. The fourth-order valence-electron chi connectivity index (χ4n) is 3.31. The first kappa shape index (κ1) is 21.5. The van der Waals surface area contributed by atoms with Gasteiger partial charge in [-0.2, -0.15) is 0 Å². The molecule has 0 fully saturated rings. The van der Waals surface area contributed by atoms with Gasteiger partial charge in [0.15, 0.2) is 0 Å². The van der Waals surface area contributed by atoms with Crippen molar-refractivity contribution < 1.29 is 4.74 Å². The number of hydrogen-bond donors (Lipinski definition) is 0. The van der Waals surface area contributed by atoms with E-state index >= 15 is 0 Å². The number of unbranched alkanes of at least 4 members (excludes halogenated alkanes) is 8. The van der Waals surface area contributed by atoms with Crippen molar-refractivity contribution in [1.82, 2.24) is 4.98 Å². The van der Waals surface area contributed by atoms with Gasteiger partial charge in [-0.25, -0.2) is 0 Å². The number of aryl methyl sites for hydroxylation is 1. The van der Waals surface area contributed by atoms with Crippen LogP contribution in [-0.2, 0) is 6.42 Å². The average molecular weight is 368 g/mol. The monoisotopic (exact) mass is 367 g/mol. The molecular weight excluding hydrogens is 330 g/mol. The zero-order valence-electron chi connectivity index (χ0n) is 17.4. The first-order valence-corrected chi connectivity index (χ1v) is 11.0. The van der Waals surface area contributed by atoms with Crippen molar-refractivity contribution in [2.24, 2.45) is 0 Å². The van der Waals surface area contributed by atoms with Gasteiger partial charge in [-0.05, 0) is 37.0 Å². The molecule has 0 aliphatic heterocycles. The largest absolute Gasteiger partial charge is 0.492 e. The number of pyridine rings is 1. The summed E-state index contributed by atoms with van der Waals surface area (Å²) in [5.74, 6) is 0.873. The Balaban J connectivity index is 1.74. The maximum Gasteiger partial charge on any atom is 0.137 e. The van der Waals surface area contributed by atoms with Gasteiger partial charge in [-0.3, -0.25) is 4.98 Å². The van der Waals surface area contributed by atoms with Crippen LogP contribution in [0.3, 0.4) is 0 Å². The molecule has 0 saturated heterocycles. The number of hydrogen-bond acceptors (Lipinski definition) is 2. The molecule has 0 amide bonds. The van der Waals surface area contributed by atoms with E-state index in [1.54, 1.807) is 0 Å². The second kappa shape index (κ2) is 13.4. The highest BCUT2D eigenvalue weighted by atomic mass is 16.5. The molecule has 0 spiro atoms. The van der Waals surface area contributed by atoms with Gasteiger partial charge in [0.2, 0.25) is 0 Å². The van der Waals surface area contributed by atoms with E-state index in [-0.39, 0.29) is 0 Å². The second-order valence-electron chi connectivity index (χ2n) is 7.50. The number of aromatic nitrogens is 1. The molecule has 0 bridgehead atoms. The van der Waals surface area contributed by atoms with Gasteiger partial charge in [0.25, 0.3) is 0 Å². The molecular formula is C25H37NO. The Bertz CT molecular complexity index is 603. The topological polar surface area (TPSA) is 22.1 Å². The summed E-state index contributed by atoms with van der Waals surface area (Å²) in [5.41, 5.74) is 3.62. The van der Waals surface area contributed by atoms with E-state index in [0.29, 0.717) is 0 Å². The van der Waals surface area contributed by atoms with Gasteiger partial charge in [0, 0.05) is 5.56 Å². The number of nitrogens with zero attached hydrogens (tertiary/aromatic N) is 1. The van der Waals surface area contributed by atoms with Gasteiger partial charge in [0.1, 0.15) is 5.75 Å². The van der Waals surface area contributed by atoms with Crippen molar-refractivity contribution in [3.63, 3.8) is 0 Å². The van der Waals surface area contributed by atoms with Crippen LogP contribution in [0.15, 0.2) is 42.6 Å². The molecule has 0 saturated carbocycles. The fourth-order valence-corrected chi connectivity index (χ4v) is 3.31.